The molecule has 7 nitrogen and oxygen atoms in total. The van der Waals surface area contributed by atoms with Gasteiger partial charge >= 0.3 is 0 Å². The fraction of sp³-hybridized carbons (Fsp3) is 0.714. The van der Waals surface area contributed by atoms with Crippen molar-refractivity contribution >= 4 is 35.8 Å². The van der Waals surface area contributed by atoms with Crippen molar-refractivity contribution in [1.82, 2.24) is 15.5 Å². The Kier molecular flexibility index (Phi) is 14.6. The summed E-state index contributed by atoms with van der Waals surface area (Å²) in [6, 6.07) is 3.88. The van der Waals surface area contributed by atoms with Crippen LogP contribution in [0, 0.1) is 0 Å². The van der Waals surface area contributed by atoms with Gasteiger partial charge in [-0.1, -0.05) is 6.42 Å². The van der Waals surface area contributed by atoms with Crippen molar-refractivity contribution in [3.8, 4) is 0 Å². The van der Waals surface area contributed by atoms with Gasteiger partial charge in [-0.05, 0) is 44.7 Å². The molecule has 1 fully saturated rings. The summed E-state index contributed by atoms with van der Waals surface area (Å²) in [6.07, 6.45) is 8.35. The van der Waals surface area contributed by atoms with Crippen molar-refractivity contribution in [2.45, 2.75) is 51.9 Å². The molecule has 1 saturated heterocycles. The van der Waals surface area contributed by atoms with Crippen LogP contribution in [0.2, 0.25) is 0 Å². The molecule has 2 heterocycles. The van der Waals surface area contributed by atoms with Gasteiger partial charge in [0.1, 0.15) is 5.76 Å². The molecule has 1 aromatic heterocycles. The highest BCUT2D eigenvalue weighted by Crippen LogP contribution is 2.11. The molecule has 0 unspecified atom stereocenters. The van der Waals surface area contributed by atoms with E-state index in [1.807, 2.05) is 24.0 Å². The van der Waals surface area contributed by atoms with Gasteiger partial charge in [0, 0.05) is 58.8 Å². The van der Waals surface area contributed by atoms with Crippen LogP contribution in [0.1, 0.15) is 51.2 Å². The minimum absolute atomic E-state index is 0. The normalized spacial score (nSPS) is 15.0. The lowest BCUT2D eigenvalue weighted by Gasteiger charge is -2.20. The molecule has 0 bridgehead atoms. The number of ether oxygens (including phenoxy) is 1. The quantitative estimate of drug-likeness (QED) is 0.192. The Balaban J connectivity index is 0.00000420. The van der Waals surface area contributed by atoms with Crippen LogP contribution < -0.4 is 10.6 Å². The molecule has 1 amide bonds. The number of nitrogens with one attached hydrogen (secondary N) is 2. The van der Waals surface area contributed by atoms with Crippen LogP contribution in [0.25, 0.3) is 0 Å². The molecule has 0 aliphatic carbocycles. The third-order valence-corrected chi connectivity index (χ3v) is 4.73. The zero-order chi connectivity index (χ0) is 19.9. The van der Waals surface area contributed by atoms with Gasteiger partial charge in [-0.25, -0.2) is 0 Å². The minimum atomic E-state index is 0. The van der Waals surface area contributed by atoms with Crippen molar-refractivity contribution in [2.24, 2.45) is 4.99 Å². The Morgan fingerprint density at radius 2 is 2.10 bits per heavy atom. The van der Waals surface area contributed by atoms with Crippen LogP contribution in [0.3, 0.4) is 0 Å². The number of amides is 1. The fourth-order valence-electron chi connectivity index (χ4n) is 3.19. The van der Waals surface area contributed by atoms with Crippen LogP contribution in [0.4, 0.5) is 0 Å². The maximum atomic E-state index is 12.1. The average Bonchev–Trinajstić information content (AvgIpc) is 3.13. The molecule has 2 rings (SSSR count). The number of carbonyl (C=O) groups excluding carboxylic acids is 1. The molecule has 0 atom stereocenters. The van der Waals surface area contributed by atoms with E-state index in [9.17, 15) is 4.79 Å². The number of halogens is 1. The van der Waals surface area contributed by atoms with E-state index in [2.05, 4.69) is 15.6 Å². The third-order valence-electron chi connectivity index (χ3n) is 4.73. The predicted molar refractivity (Wildman–Crippen MR) is 127 cm³/mol. The first kappa shape index (κ1) is 25.7. The Morgan fingerprint density at radius 3 is 2.90 bits per heavy atom. The van der Waals surface area contributed by atoms with E-state index in [0.717, 1.165) is 89.6 Å². The largest absolute Gasteiger partial charge is 0.469 e. The number of aliphatic imine (C=N–C) groups is 1. The number of guanidine groups is 1. The van der Waals surface area contributed by atoms with E-state index in [0.29, 0.717) is 18.9 Å². The topological polar surface area (TPSA) is 79.1 Å². The number of hydrogen-bond acceptors (Lipinski definition) is 4. The monoisotopic (exact) mass is 520 g/mol. The SMILES string of the molecule is CCOCCCNC(=NCCCN1CCCCCC1=O)NCCc1ccco1.I. The number of nitrogens with zero attached hydrogens (tertiary/aromatic N) is 2. The molecule has 0 spiro atoms. The molecule has 1 aliphatic heterocycles. The highest BCUT2D eigenvalue weighted by molar-refractivity contribution is 14.0. The molecule has 1 aromatic rings. The molecule has 1 aliphatic rings. The van der Waals surface area contributed by atoms with Crippen molar-refractivity contribution in [3.63, 3.8) is 0 Å². The average molecular weight is 520 g/mol. The first-order chi connectivity index (χ1) is 13.8. The first-order valence-corrected chi connectivity index (χ1v) is 10.7. The lowest BCUT2D eigenvalue weighted by atomic mass is 10.2. The first-order valence-electron chi connectivity index (χ1n) is 10.7. The van der Waals surface area contributed by atoms with Crippen molar-refractivity contribution < 1.29 is 13.9 Å². The molecule has 8 heteroatoms. The number of furan rings is 1. The molecule has 0 radical (unpaired) electrons. The van der Waals surface area contributed by atoms with Gasteiger partial charge in [-0.15, -0.1) is 24.0 Å². The third kappa shape index (κ3) is 11.5. The fourth-order valence-corrected chi connectivity index (χ4v) is 3.19. The van der Waals surface area contributed by atoms with Crippen LogP contribution in [0.5, 0.6) is 0 Å². The minimum Gasteiger partial charge on any atom is -0.469 e. The van der Waals surface area contributed by atoms with Crippen LogP contribution in [-0.4, -0.2) is 62.7 Å². The Hall–Kier alpha value is -1.29. The standard InChI is InChI=1S/C21H36N4O3.HI/c1-2-27-17-8-13-23-21(24-14-11-19-9-6-18-28-19)22-12-7-16-25-15-5-3-4-10-20(25)26;/h6,9,18H,2-5,7-8,10-17H2,1H3,(H2,22,23,24);1H. The molecule has 29 heavy (non-hydrogen) atoms. The Morgan fingerprint density at radius 1 is 1.24 bits per heavy atom. The maximum Gasteiger partial charge on any atom is 0.222 e. The van der Waals surface area contributed by atoms with E-state index < -0.39 is 0 Å². The van der Waals surface area contributed by atoms with E-state index >= 15 is 0 Å². The second-order valence-corrected chi connectivity index (χ2v) is 7.01. The van der Waals surface area contributed by atoms with Gasteiger partial charge in [0.15, 0.2) is 5.96 Å². The summed E-state index contributed by atoms with van der Waals surface area (Å²) in [5.41, 5.74) is 0. The van der Waals surface area contributed by atoms with E-state index in [1.54, 1.807) is 6.26 Å². The van der Waals surface area contributed by atoms with Crippen molar-refractivity contribution in [3.05, 3.63) is 24.2 Å². The molecular formula is C21H37IN4O3. The highest BCUT2D eigenvalue weighted by atomic mass is 127. The number of rotatable bonds is 12. The molecule has 166 valence electrons. The van der Waals surface area contributed by atoms with Crippen molar-refractivity contribution in [2.75, 3.05) is 45.9 Å². The zero-order valence-corrected chi connectivity index (χ0v) is 20.0. The lowest BCUT2D eigenvalue weighted by molar-refractivity contribution is -0.130. The smallest absolute Gasteiger partial charge is 0.222 e. The molecule has 2 N–H and O–H groups in total. The summed E-state index contributed by atoms with van der Waals surface area (Å²) in [4.78, 5) is 18.7. The van der Waals surface area contributed by atoms with Gasteiger partial charge in [-0.2, -0.15) is 0 Å². The van der Waals surface area contributed by atoms with Gasteiger partial charge in [0.25, 0.3) is 0 Å². The zero-order valence-electron chi connectivity index (χ0n) is 17.7. The van der Waals surface area contributed by atoms with E-state index in [1.165, 1.54) is 0 Å². The number of hydrogen-bond donors (Lipinski definition) is 2. The number of carbonyl (C=O) groups is 1. The van der Waals surface area contributed by atoms with Crippen molar-refractivity contribution in [1.29, 1.82) is 0 Å². The van der Waals surface area contributed by atoms with Gasteiger partial charge in [0.2, 0.25) is 5.91 Å². The Bertz CT molecular complexity index is 566. The van der Waals surface area contributed by atoms with Gasteiger partial charge in [0.05, 0.1) is 6.26 Å². The number of likely N-dealkylation sites (tertiary alicyclic amines) is 1. The molecular weight excluding hydrogens is 483 g/mol. The predicted octanol–water partition coefficient (Wildman–Crippen LogP) is 3.19. The highest BCUT2D eigenvalue weighted by Gasteiger charge is 2.15. The van der Waals surface area contributed by atoms with E-state index in [-0.39, 0.29) is 24.0 Å². The summed E-state index contributed by atoms with van der Waals surface area (Å²) in [6.45, 7) is 7.47. The molecule has 0 aromatic carbocycles. The summed E-state index contributed by atoms with van der Waals surface area (Å²) in [7, 11) is 0. The van der Waals surface area contributed by atoms with Gasteiger partial charge in [-0.3, -0.25) is 9.79 Å². The second kappa shape index (κ2) is 16.5. The second-order valence-electron chi connectivity index (χ2n) is 7.01. The Labute approximate surface area is 192 Å². The summed E-state index contributed by atoms with van der Waals surface area (Å²) >= 11 is 0. The lowest BCUT2D eigenvalue weighted by Crippen LogP contribution is -2.39. The van der Waals surface area contributed by atoms with Crippen LogP contribution in [0.15, 0.2) is 27.8 Å². The summed E-state index contributed by atoms with van der Waals surface area (Å²) in [5, 5.41) is 6.73. The summed E-state index contributed by atoms with van der Waals surface area (Å²) < 4.78 is 10.8. The van der Waals surface area contributed by atoms with Crippen LogP contribution >= 0.6 is 24.0 Å². The van der Waals surface area contributed by atoms with Crippen LogP contribution in [-0.2, 0) is 16.0 Å². The maximum absolute atomic E-state index is 12.1. The molecule has 0 saturated carbocycles. The summed E-state index contributed by atoms with van der Waals surface area (Å²) in [5.74, 6) is 2.07. The van der Waals surface area contributed by atoms with E-state index in [4.69, 9.17) is 9.15 Å². The van der Waals surface area contributed by atoms with Gasteiger partial charge < -0.3 is 24.7 Å².